The lowest BCUT2D eigenvalue weighted by Crippen LogP contribution is -2.04. The van der Waals surface area contributed by atoms with E-state index >= 15 is 0 Å². The van der Waals surface area contributed by atoms with Crippen LogP contribution in [-0.4, -0.2) is 0 Å². The van der Waals surface area contributed by atoms with E-state index in [4.69, 9.17) is 5.26 Å². The van der Waals surface area contributed by atoms with E-state index in [1.165, 1.54) is 11.6 Å². The predicted molar refractivity (Wildman–Crippen MR) is 78.7 cm³/mol. The molecule has 2 aromatic rings. The molecule has 0 aliphatic rings. The van der Waals surface area contributed by atoms with Gasteiger partial charge in [-0.15, -0.1) is 0 Å². The lowest BCUT2D eigenvalue weighted by molar-refractivity contribution is 0.510. The Balaban J connectivity index is 1.91. The second-order valence-electron chi connectivity index (χ2n) is 5.25. The topological polar surface area (TPSA) is 23.8 Å². The van der Waals surface area contributed by atoms with Crippen LogP contribution in [0.5, 0.6) is 0 Å². The van der Waals surface area contributed by atoms with Gasteiger partial charge in [-0.05, 0) is 48.4 Å². The zero-order valence-corrected chi connectivity index (χ0v) is 11.6. The Morgan fingerprint density at radius 1 is 1.15 bits per heavy atom. The van der Waals surface area contributed by atoms with E-state index in [-0.39, 0.29) is 5.82 Å². The number of rotatable bonds is 5. The number of nitrogens with zero attached hydrogens (tertiary/aromatic N) is 1. The molecule has 0 radical (unpaired) electrons. The average Bonchev–Trinajstić information content (AvgIpc) is 2.48. The predicted octanol–water partition coefficient (Wildman–Crippen LogP) is 4.51. The third-order valence-electron chi connectivity index (χ3n) is 3.52. The summed E-state index contributed by atoms with van der Waals surface area (Å²) in [6, 6.07) is 17.0. The molecule has 102 valence electrons. The van der Waals surface area contributed by atoms with E-state index in [1.807, 2.05) is 24.3 Å². The summed E-state index contributed by atoms with van der Waals surface area (Å²) in [7, 11) is 0. The summed E-state index contributed by atoms with van der Waals surface area (Å²) in [6.07, 6.45) is 2.76. The zero-order chi connectivity index (χ0) is 14.4. The molecule has 0 saturated heterocycles. The Kier molecular flexibility index (Phi) is 4.90. The molecule has 0 amide bonds. The van der Waals surface area contributed by atoms with Crippen molar-refractivity contribution in [3.8, 4) is 6.07 Å². The van der Waals surface area contributed by atoms with Crippen molar-refractivity contribution in [3.05, 3.63) is 71.0 Å². The first-order chi connectivity index (χ1) is 9.69. The van der Waals surface area contributed by atoms with Crippen molar-refractivity contribution in [1.82, 2.24) is 0 Å². The van der Waals surface area contributed by atoms with Crippen LogP contribution in [0.15, 0.2) is 48.5 Å². The molecule has 0 aliphatic heterocycles. The Labute approximate surface area is 119 Å². The van der Waals surface area contributed by atoms with Crippen LogP contribution in [0.3, 0.4) is 0 Å². The van der Waals surface area contributed by atoms with Gasteiger partial charge in [0.1, 0.15) is 5.82 Å². The van der Waals surface area contributed by atoms with Crippen molar-refractivity contribution in [1.29, 1.82) is 5.26 Å². The molecule has 2 rings (SSSR count). The van der Waals surface area contributed by atoms with Gasteiger partial charge < -0.3 is 0 Å². The van der Waals surface area contributed by atoms with Crippen LogP contribution in [0.2, 0.25) is 0 Å². The fourth-order valence-electron chi connectivity index (χ4n) is 2.32. The summed E-state index contributed by atoms with van der Waals surface area (Å²) in [4.78, 5) is 0. The lowest BCUT2D eigenvalue weighted by atomic mass is 9.94. The largest absolute Gasteiger partial charge is 0.207 e. The van der Waals surface area contributed by atoms with Crippen LogP contribution in [0.25, 0.3) is 0 Å². The summed E-state index contributed by atoms with van der Waals surface area (Å²) in [5.41, 5.74) is 2.40. The van der Waals surface area contributed by atoms with Crippen LogP contribution in [-0.2, 0) is 12.8 Å². The summed E-state index contributed by atoms with van der Waals surface area (Å²) in [5.74, 6) is 0.147. The highest BCUT2D eigenvalue weighted by Crippen LogP contribution is 2.18. The molecule has 2 heteroatoms. The van der Waals surface area contributed by atoms with E-state index in [1.54, 1.807) is 12.1 Å². The second-order valence-corrected chi connectivity index (χ2v) is 5.25. The Bertz CT molecular complexity index is 599. The van der Waals surface area contributed by atoms with Gasteiger partial charge in [-0.25, -0.2) is 4.39 Å². The van der Waals surface area contributed by atoms with Crippen LogP contribution in [0.1, 0.15) is 30.0 Å². The first-order valence-electron chi connectivity index (χ1n) is 6.91. The van der Waals surface area contributed by atoms with Crippen LogP contribution in [0.4, 0.5) is 4.39 Å². The number of halogens is 1. The van der Waals surface area contributed by atoms with Gasteiger partial charge in [0.2, 0.25) is 0 Å². The summed E-state index contributed by atoms with van der Waals surface area (Å²) < 4.78 is 13.8. The Morgan fingerprint density at radius 3 is 2.55 bits per heavy atom. The first kappa shape index (κ1) is 14.3. The summed E-state index contributed by atoms with van der Waals surface area (Å²) in [6.45, 7) is 2.14. The van der Waals surface area contributed by atoms with Crippen molar-refractivity contribution < 1.29 is 4.39 Å². The smallest absolute Gasteiger partial charge is 0.127 e. The van der Waals surface area contributed by atoms with Crippen molar-refractivity contribution in [2.45, 2.75) is 26.2 Å². The normalized spacial score (nSPS) is 11.8. The van der Waals surface area contributed by atoms with Gasteiger partial charge in [-0.3, -0.25) is 0 Å². The minimum atomic E-state index is -0.268. The molecular weight excluding hydrogens is 249 g/mol. The molecule has 0 aliphatic carbocycles. The third-order valence-corrected chi connectivity index (χ3v) is 3.52. The van der Waals surface area contributed by atoms with Gasteiger partial charge in [-0.2, -0.15) is 5.26 Å². The minimum absolute atomic E-state index is 0.268. The van der Waals surface area contributed by atoms with Crippen LogP contribution >= 0.6 is 0 Å². The van der Waals surface area contributed by atoms with E-state index < -0.39 is 0 Å². The Hall–Kier alpha value is -2.14. The molecule has 0 saturated carbocycles. The fourth-order valence-corrected chi connectivity index (χ4v) is 2.32. The molecule has 0 fully saturated rings. The number of nitriles is 1. The molecule has 2 aromatic carbocycles. The molecule has 1 unspecified atom stereocenters. The molecule has 1 nitrogen and oxygen atoms in total. The number of benzene rings is 2. The second kappa shape index (κ2) is 6.86. The maximum absolute atomic E-state index is 13.8. The van der Waals surface area contributed by atoms with Crippen molar-refractivity contribution in [2.75, 3.05) is 0 Å². The van der Waals surface area contributed by atoms with Crippen molar-refractivity contribution >= 4 is 0 Å². The van der Waals surface area contributed by atoms with Gasteiger partial charge in [0.15, 0.2) is 0 Å². The summed E-state index contributed by atoms with van der Waals surface area (Å²) >= 11 is 0. The van der Waals surface area contributed by atoms with E-state index in [2.05, 4.69) is 19.1 Å². The highest BCUT2D eigenvalue weighted by Gasteiger charge is 2.09. The maximum atomic E-state index is 13.8. The quantitative estimate of drug-likeness (QED) is 0.782. The molecule has 20 heavy (non-hydrogen) atoms. The van der Waals surface area contributed by atoms with Gasteiger partial charge in [-0.1, -0.05) is 43.3 Å². The monoisotopic (exact) mass is 267 g/mol. The first-order valence-corrected chi connectivity index (χ1v) is 6.91. The van der Waals surface area contributed by atoms with Crippen LogP contribution in [0, 0.1) is 23.1 Å². The standard InChI is InChI=1S/C18H18FN/c1-14(7-8-15-5-3-2-4-6-15)11-17-10-9-16(13-20)12-18(17)19/h2-6,9-10,12,14H,7-8,11H2,1H3. The Morgan fingerprint density at radius 2 is 1.90 bits per heavy atom. The third kappa shape index (κ3) is 3.93. The molecule has 0 heterocycles. The highest BCUT2D eigenvalue weighted by atomic mass is 19.1. The highest BCUT2D eigenvalue weighted by molar-refractivity contribution is 5.33. The SMILES string of the molecule is CC(CCc1ccccc1)Cc1ccc(C#N)cc1F. The van der Waals surface area contributed by atoms with E-state index in [0.717, 1.165) is 12.8 Å². The molecule has 0 spiro atoms. The van der Waals surface area contributed by atoms with Gasteiger partial charge in [0, 0.05) is 0 Å². The molecule has 0 aromatic heterocycles. The lowest BCUT2D eigenvalue weighted by Gasteiger charge is -2.12. The van der Waals surface area contributed by atoms with E-state index in [9.17, 15) is 4.39 Å². The van der Waals surface area contributed by atoms with Gasteiger partial charge >= 0.3 is 0 Å². The zero-order valence-electron chi connectivity index (χ0n) is 11.6. The summed E-state index contributed by atoms with van der Waals surface area (Å²) in [5, 5.41) is 8.73. The maximum Gasteiger partial charge on any atom is 0.127 e. The van der Waals surface area contributed by atoms with Crippen molar-refractivity contribution in [2.24, 2.45) is 5.92 Å². The van der Waals surface area contributed by atoms with Gasteiger partial charge in [0.25, 0.3) is 0 Å². The minimum Gasteiger partial charge on any atom is -0.207 e. The number of hydrogen-bond donors (Lipinski definition) is 0. The number of aryl methyl sites for hydroxylation is 1. The molecular formula is C18H18FN. The molecule has 0 N–H and O–H groups in total. The number of hydrogen-bond acceptors (Lipinski definition) is 1. The molecule has 0 bridgehead atoms. The fraction of sp³-hybridized carbons (Fsp3) is 0.278. The van der Waals surface area contributed by atoms with Gasteiger partial charge in [0.05, 0.1) is 11.6 Å². The van der Waals surface area contributed by atoms with Crippen LogP contribution < -0.4 is 0 Å². The van der Waals surface area contributed by atoms with E-state index in [0.29, 0.717) is 23.5 Å². The average molecular weight is 267 g/mol. The van der Waals surface area contributed by atoms with Crippen molar-refractivity contribution in [3.63, 3.8) is 0 Å². The molecule has 1 atom stereocenters.